The van der Waals surface area contributed by atoms with Crippen molar-refractivity contribution < 1.29 is 4.79 Å². The molecular formula is C12H12N2OS. The number of aromatic amines is 1. The highest BCUT2D eigenvalue weighted by atomic mass is 32.1. The molecule has 0 spiro atoms. The highest BCUT2D eigenvalue weighted by molar-refractivity contribution is 7.81. The lowest BCUT2D eigenvalue weighted by molar-refractivity contribution is -0.117. The zero-order valence-corrected chi connectivity index (χ0v) is 9.58. The van der Waals surface area contributed by atoms with Crippen molar-refractivity contribution in [1.82, 2.24) is 4.98 Å². The molecule has 3 nitrogen and oxygen atoms in total. The molecule has 1 N–H and O–H groups in total. The molecule has 1 amide bonds. The molecule has 1 saturated heterocycles. The van der Waals surface area contributed by atoms with Gasteiger partial charge in [0.25, 0.3) is 0 Å². The van der Waals surface area contributed by atoms with Crippen LogP contribution < -0.4 is 4.90 Å². The molecule has 1 aromatic heterocycles. The van der Waals surface area contributed by atoms with E-state index < -0.39 is 0 Å². The highest BCUT2D eigenvalue weighted by Crippen LogP contribution is 2.26. The number of benzene rings is 1. The van der Waals surface area contributed by atoms with Crippen LogP contribution >= 0.6 is 12.6 Å². The molecule has 2 aromatic rings. The fraction of sp³-hybridized carbons (Fsp3) is 0.250. The first-order valence-electron chi connectivity index (χ1n) is 5.29. The van der Waals surface area contributed by atoms with Gasteiger partial charge in [0, 0.05) is 41.0 Å². The number of H-pyrrole nitrogens is 1. The van der Waals surface area contributed by atoms with Crippen LogP contribution in [0.2, 0.25) is 0 Å². The summed E-state index contributed by atoms with van der Waals surface area (Å²) in [5.74, 6) is 0.162. The van der Waals surface area contributed by atoms with Crippen LogP contribution in [0.15, 0.2) is 30.5 Å². The van der Waals surface area contributed by atoms with Crippen LogP contribution in [0.25, 0.3) is 10.9 Å². The van der Waals surface area contributed by atoms with Gasteiger partial charge in [0.2, 0.25) is 5.91 Å². The predicted octanol–water partition coefficient (Wildman–Crippen LogP) is 2.20. The van der Waals surface area contributed by atoms with Crippen LogP contribution in [-0.4, -0.2) is 22.7 Å². The predicted molar refractivity (Wildman–Crippen MR) is 68.0 cm³/mol. The number of fused-ring (bicyclic) bond motifs is 1. The molecule has 1 aliphatic heterocycles. The van der Waals surface area contributed by atoms with Crippen LogP contribution in [0.3, 0.4) is 0 Å². The van der Waals surface area contributed by atoms with Crippen LogP contribution in [0, 0.1) is 0 Å². The first-order valence-corrected chi connectivity index (χ1v) is 5.81. The molecule has 0 radical (unpaired) electrons. The molecule has 3 rings (SSSR count). The van der Waals surface area contributed by atoms with Gasteiger partial charge in [0.1, 0.15) is 0 Å². The molecule has 0 aliphatic carbocycles. The van der Waals surface area contributed by atoms with Gasteiger partial charge in [0.15, 0.2) is 0 Å². The summed E-state index contributed by atoms with van der Waals surface area (Å²) in [5, 5.41) is 1.29. The Hall–Kier alpha value is -1.42. The number of amides is 1. The van der Waals surface area contributed by atoms with Crippen molar-refractivity contribution in [2.24, 2.45) is 0 Å². The van der Waals surface area contributed by atoms with E-state index in [4.69, 9.17) is 0 Å². The number of nitrogens with one attached hydrogen (secondary N) is 1. The van der Waals surface area contributed by atoms with Crippen molar-refractivity contribution in [2.75, 3.05) is 11.4 Å². The van der Waals surface area contributed by atoms with Gasteiger partial charge >= 0.3 is 0 Å². The molecule has 4 heteroatoms. The van der Waals surface area contributed by atoms with Gasteiger partial charge in [-0.05, 0) is 24.3 Å². The van der Waals surface area contributed by atoms with E-state index in [-0.39, 0.29) is 11.2 Å². The quantitative estimate of drug-likeness (QED) is 0.727. The number of anilines is 1. The first kappa shape index (κ1) is 9.78. The summed E-state index contributed by atoms with van der Waals surface area (Å²) in [5.41, 5.74) is 2.06. The minimum absolute atomic E-state index is 0.162. The molecule has 1 unspecified atom stereocenters. The summed E-state index contributed by atoms with van der Waals surface area (Å²) >= 11 is 4.35. The minimum Gasteiger partial charge on any atom is -0.361 e. The van der Waals surface area contributed by atoms with Crippen LogP contribution in [-0.2, 0) is 4.79 Å². The Balaban J connectivity index is 2.02. The standard InChI is InChI=1S/C12H12N2OS/c15-12-6-10(16)7-14(12)9-1-2-11-8(5-9)3-4-13-11/h1-5,10,13,16H,6-7H2. The third kappa shape index (κ3) is 1.50. The minimum atomic E-state index is 0.162. The molecule has 16 heavy (non-hydrogen) atoms. The second kappa shape index (κ2) is 3.56. The maximum absolute atomic E-state index is 11.7. The number of nitrogens with zero attached hydrogens (tertiary/aromatic N) is 1. The molecule has 0 bridgehead atoms. The first-order chi connectivity index (χ1) is 7.74. The van der Waals surface area contributed by atoms with Crippen molar-refractivity contribution >= 4 is 35.1 Å². The zero-order chi connectivity index (χ0) is 11.1. The lowest BCUT2D eigenvalue weighted by Crippen LogP contribution is -2.24. The van der Waals surface area contributed by atoms with Gasteiger partial charge in [-0.2, -0.15) is 12.6 Å². The third-order valence-electron chi connectivity index (χ3n) is 2.95. The Morgan fingerprint density at radius 3 is 3.00 bits per heavy atom. The fourth-order valence-electron chi connectivity index (χ4n) is 2.15. The summed E-state index contributed by atoms with van der Waals surface area (Å²) < 4.78 is 0. The Morgan fingerprint density at radius 2 is 2.25 bits per heavy atom. The van der Waals surface area contributed by atoms with E-state index in [1.807, 2.05) is 35.4 Å². The Bertz CT molecular complexity index is 549. The van der Waals surface area contributed by atoms with Gasteiger partial charge < -0.3 is 9.88 Å². The van der Waals surface area contributed by atoms with E-state index in [9.17, 15) is 4.79 Å². The number of carbonyl (C=O) groups excluding carboxylic acids is 1. The molecule has 1 fully saturated rings. The van der Waals surface area contributed by atoms with Crippen LogP contribution in [0.1, 0.15) is 6.42 Å². The van der Waals surface area contributed by atoms with Gasteiger partial charge in [0.05, 0.1) is 0 Å². The van der Waals surface area contributed by atoms with E-state index >= 15 is 0 Å². The molecule has 2 heterocycles. The Morgan fingerprint density at radius 1 is 1.38 bits per heavy atom. The number of aromatic nitrogens is 1. The molecule has 0 saturated carbocycles. The average Bonchev–Trinajstić information content (AvgIpc) is 2.83. The van der Waals surface area contributed by atoms with Crippen molar-refractivity contribution in [3.05, 3.63) is 30.5 Å². The molecule has 1 aromatic carbocycles. The summed E-state index contributed by atoms with van der Waals surface area (Å²) in [6.45, 7) is 0.706. The number of rotatable bonds is 1. The van der Waals surface area contributed by atoms with Crippen LogP contribution in [0.4, 0.5) is 5.69 Å². The van der Waals surface area contributed by atoms with E-state index in [1.165, 1.54) is 0 Å². The Labute approximate surface area is 98.9 Å². The lowest BCUT2D eigenvalue weighted by Gasteiger charge is -2.15. The van der Waals surface area contributed by atoms with E-state index in [0.717, 1.165) is 16.6 Å². The van der Waals surface area contributed by atoms with Crippen molar-refractivity contribution in [3.63, 3.8) is 0 Å². The number of thiol groups is 1. The fourth-order valence-corrected chi connectivity index (χ4v) is 2.47. The third-order valence-corrected chi connectivity index (χ3v) is 3.30. The number of carbonyl (C=O) groups is 1. The zero-order valence-electron chi connectivity index (χ0n) is 8.68. The SMILES string of the molecule is O=C1CC(S)CN1c1ccc2[nH]ccc2c1. The summed E-state index contributed by atoms with van der Waals surface area (Å²) in [6, 6.07) is 8.03. The summed E-state index contributed by atoms with van der Waals surface area (Å²) in [6.07, 6.45) is 2.44. The molecular weight excluding hydrogens is 220 g/mol. The van der Waals surface area contributed by atoms with Crippen molar-refractivity contribution in [3.8, 4) is 0 Å². The van der Waals surface area contributed by atoms with Crippen molar-refractivity contribution in [2.45, 2.75) is 11.7 Å². The Kier molecular flexibility index (Phi) is 2.17. The van der Waals surface area contributed by atoms with Gasteiger partial charge in [-0.15, -0.1) is 0 Å². The summed E-state index contributed by atoms with van der Waals surface area (Å²) in [7, 11) is 0. The maximum Gasteiger partial charge on any atom is 0.228 e. The molecule has 1 aliphatic rings. The maximum atomic E-state index is 11.7. The van der Waals surface area contributed by atoms with Gasteiger partial charge in [-0.1, -0.05) is 0 Å². The van der Waals surface area contributed by atoms with E-state index in [1.54, 1.807) is 0 Å². The van der Waals surface area contributed by atoms with Gasteiger partial charge in [-0.25, -0.2) is 0 Å². The second-order valence-corrected chi connectivity index (χ2v) is 4.84. The molecule has 82 valence electrons. The number of hydrogen-bond acceptors (Lipinski definition) is 2. The average molecular weight is 232 g/mol. The van der Waals surface area contributed by atoms with Gasteiger partial charge in [-0.3, -0.25) is 4.79 Å². The monoisotopic (exact) mass is 232 g/mol. The van der Waals surface area contributed by atoms with Crippen LogP contribution in [0.5, 0.6) is 0 Å². The highest BCUT2D eigenvalue weighted by Gasteiger charge is 2.28. The smallest absolute Gasteiger partial charge is 0.228 e. The number of hydrogen-bond donors (Lipinski definition) is 2. The topological polar surface area (TPSA) is 36.1 Å². The largest absolute Gasteiger partial charge is 0.361 e. The van der Waals surface area contributed by atoms with E-state index in [0.29, 0.717) is 13.0 Å². The summed E-state index contributed by atoms with van der Waals surface area (Å²) in [4.78, 5) is 16.7. The lowest BCUT2D eigenvalue weighted by atomic mass is 10.2. The van der Waals surface area contributed by atoms with E-state index in [2.05, 4.69) is 17.6 Å². The van der Waals surface area contributed by atoms with Crippen molar-refractivity contribution in [1.29, 1.82) is 0 Å². The normalized spacial score (nSPS) is 20.9. The molecule has 1 atom stereocenters. The second-order valence-electron chi connectivity index (χ2n) is 4.11.